The molecule has 0 saturated heterocycles. The van der Waals surface area contributed by atoms with Gasteiger partial charge >= 0.3 is 11.8 Å². The first kappa shape index (κ1) is 17.2. The smallest absolute Gasteiger partial charge is 0.351 e. The molecule has 0 atom stereocenters. The number of aromatic nitrogens is 1. The maximum absolute atomic E-state index is 13.4. The summed E-state index contributed by atoms with van der Waals surface area (Å²) in [5.41, 5.74) is -1.65. The zero-order chi connectivity index (χ0) is 14.5. The Labute approximate surface area is 124 Å². The van der Waals surface area contributed by atoms with Crippen LogP contribution >= 0.6 is 0 Å². The SMILES string of the molecule is CCc1ccnc(C2=[C-]C(F)(F)C(F)(F)C2(F)F)c1.[Ir]. The van der Waals surface area contributed by atoms with E-state index in [2.05, 4.69) is 4.98 Å². The fourth-order valence-electron chi connectivity index (χ4n) is 1.72. The van der Waals surface area contributed by atoms with E-state index >= 15 is 0 Å². The quantitative estimate of drug-likeness (QED) is 0.472. The minimum atomic E-state index is -5.50. The monoisotopic (exact) mass is 473 g/mol. The van der Waals surface area contributed by atoms with E-state index in [1.165, 1.54) is 6.07 Å². The van der Waals surface area contributed by atoms with Crippen molar-refractivity contribution in [3.8, 4) is 0 Å². The van der Waals surface area contributed by atoms with Crippen molar-refractivity contribution in [2.24, 2.45) is 0 Å². The van der Waals surface area contributed by atoms with Crippen molar-refractivity contribution in [3.05, 3.63) is 35.7 Å². The molecular weight excluding hydrogens is 464 g/mol. The molecule has 0 amide bonds. The van der Waals surface area contributed by atoms with Crippen molar-refractivity contribution < 1.29 is 46.4 Å². The molecular formula is C12H8F6IrN-. The minimum absolute atomic E-state index is 0. The van der Waals surface area contributed by atoms with Gasteiger partial charge in [0.1, 0.15) is 0 Å². The van der Waals surface area contributed by atoms with Crippen LogP contribution in [0.1, 0.15) is 18.2 Å². The maximum atomic E-state index is 13.4. The first-order valence-corrected chi connectivity index (χ1v) is 5.38. The van der Waals surface area contributed by atoms with E-state index in [0.717, 1.165) is 18.3 Å². The van der Waals surface area contributed by atoms with Crippen molar-refractivity contribution in [2.75, 3.05) is 0 Å². The van der Waals surface area contributed by atoms with E-state index in [1.807, 2.05) is 0 Å². The summed E-state index contributed by atoms with van der Waals surface area (Å²) in [6, 6.07) is 2.56. The van der Waals surface area contributed by atoms with Gasteiger partial charge < -0.3 is 4.98 Å². The summed E-state index contributed by atoms with van der Waals surface area (Å²) in [5, 5.41) is 0. The van der Waals surface area contributed by atoms with Gasteiger partial charge in [0.15, 0.2) is 0 Å². The van der Waals surface area contributed by atoms with Gasteiger partial charge in [0.25, 0.3) is 5.92 Å². The number of alkyl halides is 6. The number of rotatable bonds is 2. The van der Waals surface area contributed by atoms with Crippen molar-refractivity contribution in [2.45, 2.75) is 31.1 Å². The van der Waals surface area contributed by atoms with Crippen LogP contribution in [0.25, 0.3) is 5.57 Å². The predicted molar refractivity (Wildman–Crippen MR) is 55.1 cm³/mol. The number of halogens is 6. The van der Waals surface area contributed by atoms with E-state index in [-0.39, 0.29) is 20.1 Å². The minimum Gasteiger partial charge on any atom is -0.351 e. The number of hydrogen-bond acceptors (Lipinski definition) is 1. The van der Waals surface area contributed by atoms with Crippen LogP contribution in [-0.4, -0.2) is 22.8 Å². The third-order valence-corrected chi connectivity index (χ3v) is 2.87. The fraction of sp³-hybridized carbons (Fsp3) is 0.417. The Morgan fingerprint density at radius 1 is 1.15 bits per heavy atom. The molecule has 1 aromatic rings. The van der Waals surface area contributed by atoms with Gasteiger partial charge in [-0.15, -0.1) is 11.6 Å². The third-order valence-electron chi connectivity index (χ3n) is 2.87. The summed E-state index contributed by atoms with van der Waals surface area (Å²) in [4.78, 5) is 3.45. The molecule has 1 aromatic heterocycles. The molecule has 0 bridgehead atoms. The zero-order valence-electron chi connectivity index (χ0n) is 9.99. The van der Waals surface area contributed by atoms with Crippen LogP contribution in [0, 0.1) is 6.08 Å². The van der Waals surface area contributed by atoms with E-state index in [9.17, 15) is 26.3 Å². The molecule has 113 valence electrons. The van der Waals surface area contributed by atoms with Crippen LogP contribution in [0.4, 0.5) is 26.3 Å². The Bertz CT molecular complexity index is 541. The number of allylic oxidation sites excluding steroid dienone is 2. The molecule has 20 heavy (non-hydrogen) atoms. The van der Waals surface area contributed by atoms with Gasteiger partial charge in [-0.2, -0.15) is 23.6 Å². The average molecular weight is 472 g/mol. The molecule has 1 aliphatic carbocycles. The summed E-state index contributed by atoms with van der Waals surface area (Å²) in [5.74, 6) is -15.5. The Morgan fingerprint density at radius 2 is 1.75 bits per heavy atom. The molecule has 1 radical (unpaired) electrons. The van der Waals surface area contributed by atoms with E-state index in [0.29, 0.717) is 12.0 Å². The molecule has 0 unspecified atom stereocenters. The van der Waals surface area contributed by atoms with E-state index in [1.54, 1.807) is 6.92 Å². The van der Waals surface area contributed by atoms with Gasteiger partial charge in [-0.25, -0.2) is 8.78 Å². The standard InChI is InChI=1S/C12H8F6N.Ir/c1-2-7-3-4-19-9(5-7)8-6-10(13,14)12(17,18)11(8,15)16;/h3-5H,2H2,1H3;/q-1;. The van der Waals surface area contributed by atoms with Gasteiger partial charge in [-0.1, -0.05) is 18.2 Å². The topological polar surface area (TPSA) is 12.9 Å². The maximum Gasteiger partial charge on any atom is 0.360 e. The van der Waals surface area contributed by atoms with E-state index in [4.69, 9.17) is 0 Å². The van der Waals surface area contributed by atoms with E-state index < -0.39 is 29.0 Å². The van der Waals surface area contributed by atoms with Gasteiger partial charge in [0.2, 0.25) is 0 Å². The summed E-state index contributed by atoms with van der Waals surface area (Å²) >= 11 is 0. The Morgan fingerprint density at radius 3 is 2.20 bits per heavy atom. The van der Waals surface area contributed by atoms with Crippen LogP contribution in [0.2, 0.25) is 0 Å². The fourth-order valence-corrected chi connectivity index (χ4v) is 1.72. The molecule has 1 heterocycles. The number of pyridine rings is 1. The Hall–Kier alpha value is -0.881. The number of hydrogen-bond donors (Lipinski definition) is 0. The van der Waals surface area contributed by atoms with Crippen molar-refractivity contribution >= 4 is 5.57 Å². The molecule has 0 aliphatic heterocycles. The molecule has 0 saturated carbocycles. The second kappa shape index (κ2) is 5.15. The first-order chi connectivity index (χ1) is 8.63. The molecule has 1 nitrogen and oxygen atoms in total. The largest absolute Gasteiger partial charge is 0.360 e. The summed E-state index contributed by atoms with van der Waals surface area (Å²) in [7, 11) is 0. The van der Waals surface area contributed by atoms with Crippen LogP contribution in [0.5, 0.6) is 0 Å². The zero-order valence-corrected chi connectivity index (χ0v) is 12.4. The summed E-state index contributed by atoms with van der Waals surface area (Å²) in [6.07, 6.45) is 2.44. The molecule has 0 spiro atoms. The molecule has 0 aromatic carbocycles. The molecule has 8 heteroatoms. The van der Waals surface area contributed by atoms with Crippen molar-refractivity contribution in [1.29, 1.82) is 0 Å². The second-order valence-electron chi connectivity index (χ2n) is 4.13. The number of aryl methyl sites for hydroxylation is 1. The average Bonchev–Trinajstić information content (AvgIpc) is 2.47. The molecule has 1 aliphatic rings. The van der Waals surface area contributed by atoms with Crippen molar-refractivity contribution in [3.63, 3.8) is 0 Å². The Balaban J connectivity index is 0.00000200. The second-order valence-corrected chi connectivity index (χ2v) is 4.13. The normalized spacial score (nSPS) is 22.1. The van der Waals surface area contributed by atoms with Gasteiger partial charge in [0.05, 0.1) is 0 Å². The van der Waals surface area contributed by atoms with Crippen LogP contribution in [0.3, 0.4) is 0 Å². The Kier molecular flexibility index (Phi) is 4.42. The van der Waals surface area contributed by atoms with Gasteiger partial charge in [0, 0.05) is 26.3 Å². The predicted octanol–water partition coefficient (Wildman–Crippen LogP) is 3.75. The van der Waals surface area contributed by atoms with Gasteiger partial charge in [-0.05, 0) is 12.5 Å². The molecule has 0 N–H and O–H groups in total. The van der Waals surface area contributed by atoms with Crippen LogP contribution in [-0.2, 0) is 26.5 Å². The number of nitrogens with zero attached hydrogens (tertiary/aromatic N) is 1. The summed E-state index contributed by atoms with van der Waals surface area (Å²) in [6.45, 7) is 1.70. The van der Waals surface area contributed by atoms with Crippen LogP contribution < -0.4 is 0 Å². The van der Waals surface area contributed by atoms with Gasteiger partial charge in [-0.3, -0.25) is 0 Å². The van der Waals surface area contributed by atoms with Crippen LogP contribution in [0.15, 0.2) is 18.3 Å². The van der Waals surface area contributed by atoms with Crippen molar-refractivity contribution in [1.82, 2.24) is 4.98 Å². The molecule has 2 rings (SSSR count). The third kappa shape index (κ3) is 2.29. The molecule has 0 fully saturated rings. The summed E-state index contributed by atoms with van der Waals surface area (Å²) < 4.78 is 78.8. The first-order valence-electron chi connectivity index (χ1n) is 5.38.